The maximum atomic E-state index is 10.8. The normalized spacial score (nSPS) is 9.92. The van der Waals surface area contributed by atoms with Crippen LogP contribution < -0.4 is 5.30 Å². The van der Waals surface area contributed by atoms with Gasteiger partial charge in [-0.2, -0.15) is 0 Å². The third-order valence-electron chi connectivity index (χ3n) is 1.51. The maximum absolute atomic E-state index is 10.8. The van der Waals surface area contributed by atoms with Gasteiger partial charge in [0.1, 0.15) is 5.78 Å². The first-order valence-electron chi connectivity index (χ1n) is 3.63. The van der Waals surface area contributed by atoms with Crippen molar-refractivity contribution in [3.8, 4) is 0 Å². The Morgan fingerprint density at radius 1 is 1.58 bits per heavy atom. The third kappa shape index (κ3) is 2.69. The fourth-order valence-corrected chi connectivity index (χ4v) is 1.55. The van der Waals surface area contributed by atoms with Crippen molar-refractivity contribution in [1.29, 1.82) is 0 Å². The minimum atomic E-state index is 0.196. The van der Waals surface area contributed by atoms with Gasteiger partial charge >= 0.3 is 0 Å². The van der Waals surface area contributed by atoms with Crippen LogP contribution in [0.4, 0.5) is 0 Å². The zero-order valence-electron chi connectivity index (χ0n) is 6.80. The van der Waals surface area contributed by atoms with Crippen LogP contribution >= 0.6 is 25.2 Å². The van der Waals surface area contributed by atoms with Crippen LogP contribution in [0.5, 0.6) is 0 Å². The molecule has 0 N–H and O–H groups in total. The highest BCUT2D eigenvalue weighted by Crippen LogP contribution is 2.11. The van der Waals surface area contributed by atoms with Crippen LogP contribution in [0.15, 0.2) is 22.7 Å². The second-order valence-electron chi connectivity index (χ2n) is 2.73. The molecule has 0 fully saturated rings. The molecule has 0 aliphatic heterocycles. The molecule has 0 aliphatic carbocycles. The van der Waals surface area contributed by atoms with Crippen LogP contribution in [-0.2, 0) is 11.2 Å². The van der Waals surface area contributed by atoms with Crippen LogP contribution in [0.25, 0.3) is 0 Å². The van der Waals surface area contributed by atoms with Gasteiger partial charge in [0.15, 0.2) is 0 Å². The zero-order valence-corrected chi connectivity index (χ0v) is 9.54. The number of Topliss-reactive ketones (excluding diaryl/α,β-unsaturated/α-hetero) is 1. The van der Waals surface area contributed by atoms with Crippen molar-refractivity contribution in [1.82, 2.24) is 0 Å². The fraction of sp³-hybridized carbons (Fsp3) is 0.222. The van der Waals surface area contributed by atoms with E-state index >= 15 is 0 Å². The quantitative estimate of drug-likeness (QED) is 0.729. The second kappa shape index (κ2) is 4.15. The molecular formula is C9H10BrOP. The molecule has 1 aromatic rings. The molecule has 1 atom stereocenters. The standard InChI is InChI=1S/C9H10BrOP/c1-6(11)4-7-2-3-8(10)9(12)5-7/h2-3,5H,4,12H2,1H3. The molecule has 64 valence electrons. The number of rotatable bonds is 2. The molecule has 1 unspecified atom stereocenters. The van der Waals surface area contributed by atoms with Crippen LogP contribution in [0, 0.1) is 0 Å². The van der Waals surface area contributed by atoms with Gasteiger partial charge in [0, 0.05) is 10.9 Å². The zero-order chi connectivity index (χ0) is 9.14. The molecule has 0 saturated heterocycles. The number of carbonyl (C=O) groups is 1. The van der Waals surface area contributed by atoms with Gasteiger partial charge in [-0.15, -0.1) is 9.24 Å². The highest BCUT2D eigenvalue weighted by atomic mass is 79.9. The Morgan fingerprint density at radius 2 is 2.25 bits per heavy atom. The van der Waals surface area contributed by atoms with Crippen molar-refractivity contribution >= 4 is 36.3 Å². The molecule has 0 spiro atoms. The van der Waals surface area contributed by atoms with Gasteiger partial charge in [-0.05, 0) is 23.9 Å². The van der Waals surface area contributed by atoms with E-state index in [1.165, 1.54) is 0 Å². The lowest BCUT2D eigenvalue weighted by molar-refractivity contribution is -0.116. The van der Waals surface area contributed by atoms with Gasteiger partial charge in [0.05, 0.1) is 0 Å². The lowest BCUT2D eigenvalue weighted by Gasteiger charge is -2.01. The van der Waals surface area contributed by atoms with Crippen molar-refractivity contribution in [2.45, 2.75) is 13.3 Å². The number of hydrogen-bond acceptors (Lipinski definition) is 1. The number of carbonyl (C=O) groups excluding carboxylic acids is 1. The molecule has 1 aromatic carbocycles. The summed E-state index contributed by atoms with van der Waals surface area (Å²) in [4.78, 5) is 10.8. The van der Waals surface area contributed by atoms with Gasteiger partial charge < -0.3 is 0 Å². The minimum absolute atomic E-state index is 0.196. The van der Waals surface area contributed by atoms with E-state index in [1.807, 2.05) is 18.2 Å². The van der Waals surface area contributed by atoms with E-state index in [-0.39, 0.29) is 5.78 Å². The summed E-state index contributed by atoms with van der Waals surface area (Å²) in [6.45, 7) is 1.60. The Hall–Kier alpha value is -0.200. The summed E-state index contributed by atoms with van der Waals surface area (Å²) < 4.78 is 1.06. The average molecular weight is 245 g/mol. The van der Waals surface area contributed by atoms with Crippen molar-refractivity contribution in [3.05, 3.63) is 28.2 Å². The summed E-state index contributed by atoms with van der Waals surface area (Å²) in [6.07, 6.45) is 0.522. The van der Waals surface area contributed by atoms with E-state index in [0.29, 0.717) is 6.42 Å². The monoisotopic (exact) mass is 244 g/mol. The van der Waals surface area contributed by atoms with Gasteiger partial charge in [-0.1, -0.05) is 28.1 Å². The van der Waals surface area contributed by atoms with Crippen LogP contribution in [-0.4, -0.2) is 5.78 Å². The molecule has 0 radical (unpaired) electrons. The summed E-state index contributed by atoms with van der Waals surface area (Å²) in [5.74, 6) is 0.196. The molecule has 0 aliphatic rings. The largest absolute Gasteiger partial charge is 0.300 e. The number of hydrogen-bond donors (Lipinski definition) is 0. The van der Waals surface area contributed by atoms with E-state index < -0.39 is 0 Å². The Labute approximate surface area is 82.9 Å². The predicted octanol–water partition coefficient (Wildman–Crippen LogP) is 2.08. The summed E-state index contributed by atoms with van der Waals surface area (Å²) in [5, 5.41) is 1.09. The molecule has 1 rings (SSSR count). The molecule has 0 amide bonds. The van der Waals surface area contributed by atoms with E-state index in [4.69, 9.17) is 0 Å². The first-order valence-corrected chi connectivity index (χ1v) is 5.00. The lowest BCUT2D eigenvalue weighted by atomic mass is 10.1. The average Bonchev–Trinajstić information content (AvgIpc) is 1.96. The fourth-order valence-electron chi connectivity index (χ4n) is 0.991. The molecular weight excluding hydrogens is 235 g/mol. The second-order valence-corrected chi connectivity index (χ2v) is 4.21. The van der Waals surface area contributed by atoms with E-state index in [1.54, 1.807) is 6.92 Å². The minimum Gasteiger partial charge on any atom is -0.300 e. The predicted molar refractivity (Wildman–Crippen MR) is 57.9 cm³/mol. The first-order chi connectivity index (χ1) is 5.59. The molecule has 0 aromatic heterocycles. The van der Waals surface area contributed by atoms with Gasteiger partial charge in [0.25, 0.3) is 0 Å². The number of benzene rings is 1. The molecule has 0 heterocycles. The molecule has 1 nitrogen and oxygen atoms in total. The highest BCUT2D eigenvalue weighted by molar-refractivity contribution is 9.10. The number of halogens is 1. The highest BCUT2D eigenvalue weighted by Gasteiger charge is 1.99. The van der Waals surface area contributed by atoms with E-state index in [9.17, 15) is 4.79 Å². The van der Waals surface area contributed by atoms with Gasteiger partial charge in [-0.3, -0.25) is 4.79 Å². The maximum Gasteiger partial charge on any atom is 0.134 e. The third-order valence-corrected chi connectivity index (χ3v) is 3.14. The van der Waals surface area contributed by atoms with Crippen molar-refractivity contribution < 1.29 is 4.79 Å². The van der Waals surface area contributed by atoms with Crippen LogP contribution in [0.3, 0.4) is 0 Å². The summed E-state index contributed by atoms with van der Waals surface area (Å²) >= 11 is 3.39. The summed E-state index contributed by atoms with van der Waals surface area (Å²) in [5.41, 5.74) is 1.07. The summed E-state index contributed by atoms with van der Waals surface area (Å²) in [7, 11) is 2.62. The Balaban J connectivity index is 2.89. The molecule has 0 saturated carbocycles. The van der Waals surface area contributed by atoms with Crippen molar-refractivity contribution in [3.63, 3.8) is 0 Å². The van der Waals surface area contributed by atoms with Crippen molar-refractivity contribution in [2.24, 2.45) is 0 Å². The topological polar surface area (TPSA) is 17.1 Å². The van der Waals surface area contributed by atoms with E-state index in [0.717, 1.165) is 15.3 Å². The molecule has 0 bridgehead atoms. The SMILES string of the molecule is CC(=O)Cc1ccc(Br)c(P)c1. The Bertz CT molecular complexity index is 309. The molecule has 3 heteroatoms. The van der Waals surface area contributed by atoms with Crippen LogP contribution in [0.1, 0.15) is 12.5 Å². The molecule has 12 heavy (non-hydrogen) atoms. The Morgan fingerprint density at radius 3 is 2.75 bits per heavy atom. The first kappa shape index (κ1) is 9.88. The lowest BCUT2D eigenvalue weighted by Crippen LogP contribution is -2.00. The smallest absolute Gasteiger partial charge is 0.134 e. The summed E-state index contributed by atoms with van der Waals surface area (Å²) in [6, 6.07) is 5.91. The van der Waals surface area contributed by atoms with Crippen LogP contribution in [0.2, 0.25) is 0 Å². The Kier molecular flexibility index (Phi) is 3.42. The van der Waals surface area contributed by atoms with Gasteiger partial charge in [-0.25, -0.2) is 0 Å². The van der Waals surface area contributed by atoms with Crippen molar-refractivity contribution in [2.75, 3.05) is 0 Å². The van der Waals surface area contributed by atoms with E-state index in [2.05, 4.69) is 25.2 Å². The number of ketones is 1. The van der Waals surface area contributed by atoms with Gasteiger partial charge in [0.2, 0.25) is 0 Å².